The van der Waals surface area contributed by atoms with Crippen molar-refractivity contribution < 1.29 is 14.3 Å². The predicted molar refractivity (Wildman–Crippen MR) is 123 cm³/mol. The number of aromatic nitrogens is 2. The van der Waals surface area contributed by atoms with Gasteiger partial charge in [0.2, 0.25) is 0 Å². The smallest absolute Gasteiger partial charge is 0.412 e. The Hall–Kier alpha value is -3.28. The summed E-state index contributed by atoms with van der Waals surface area (Å²) in [7, 11) is 1.62. The van der Waals surface area contributed by atoms with E-state index in [4.69, 9.17) is 9.47 Å². The predicted octanol–water partition coefficient (Wildman–Crippen LogP) is 6.20. The summed E-state index contributed by atoms with van der Waals surface area (Å²) in [5, 5.41) is 2.83. The molecule has 0 unspecified atom stereocenters. The van der Waals surface area contributed by atoms with Crippen LogP contribution in [0.4, 0.5) is 4.79 Å². The molecule has 3 aromatic rings. The molecule has 2 aromatic heterocycles. The summed E-state index contributed by atoms with van der Waals surface area (Å²) in [6, 6.07) is 11.3. The zero-order valence-electron chi connectivity index (χ0n) is 18.3. The molecular formula is C25H31N3O3. The lowest BCUT2D eigenvalue weighted by atomic mass is 10.0. The van der Waals surface area contributed by atoms with Crippen LogP contribution in [0.1, 0.15) is 45.4 Å². The number of carbonyl (C=O) groups is 1. The van der Waals surface area contributed by atoms with Crippen LogP contribution in [0.15, 0.2) is 55.0 Å². The molecule has 6 nitrogen and oxygen atoms in total. The van der Waals surface area contributed by atoms with Gasteiger partial charge < -0.3 is 19.8 Å². The van der Waals surface area contributed by atoms with E-state index in [0.717, 1.165) is 35.2 Å². The highest BCUT2D eigenvalue weighted by atomic mass is 16.6. The Labute approximate surface area is 184 Å². The van der Waals surface area contributed by atoms with Crippen LogP contribution < -0.4 is 14.8 Å². The first-order chi connectivity index (χ1) is 15.2. The summed E-state index contributed by atoms with van der Waals surface area (Å²) >= 11 is 0. The van der Waals surface area contributed by atoms with Crippen LogP contribution in [-0.2, 0) is 0 Å². The number of aromatic amines is 1. The number of rotatable bonds is 11. The Morgan fingerprint density at radius 1 is 1.03 bits per heavy atom. The molecule has 0 atom stereocenters. The van der Waals surface area contributed by atoms with Crippen LogP contribution >= 0.6 is 0 Å². The van der Waals surface area contributed by atoms with E-state index < -0.39 is 6.09 Å². The van der Waals surface area contributed by atoms with Gasteiger partial charge in [0.15, 0.2) is 0 Å². The highest BCUT2D eigenvalue weighted by molar-refractivity contribution is 5.77. The molecule has 2 N–H and O–H groups in total. The molecule has 0 aliphatic heterocycles. The number of nitrogens with zero attached hydrogens (tertiary/aromatic N) is 1. The number of carbonyl (C=O) groups excluding carboxylic acids is 1. The van der Waals surface area contributed by atoms with Gasteiger partial charge in [0, 0.05) is 47.5 Å². The molecule has 0 radical (unpaired) electrons. The van der Waals surface area contributed by atoms with Crippen molar-refractivity contribution in [1.29, 1.82) is 0 Å². The third-order valence-corrected chi connectivity index (χ3v) is 5.14. The van der Waals surface area contributed by atoms with E-state index in [2.05, 4.69) is 22.2 Å². The number of unbranched alkanes of at least 4 members (excludes halogenated alkanes) is 5. The number of methoxy groups -OCH3 is 1. The van der Waals surface area contributed by atoms with Gasteiger partial charge in [0.05, 0.1) is 7.11 Å². The molecule has 164 valence electrons. The number of pyridine rings is 1. The molecule has 0 spiro atoms. The number of hydrogen-bond acceptors (Lipinski definition) is 4. The Balaban J connectivity index is 1.63. The Kier molecular flexibility index (Phi) is 8.52. The summed E-state index contributed by atoms with van der Waals surface area (Å²) in [6.07, 6.45) is 12.1. The molecule has 0 aliphatic rings. The van der Waals surface area contributed by atoms with Crippen molar-refractivity contribution in [2.45, 2.75) is 45.4 Å². The zero-order valence-corrected chi connectivity index (χ0v) is 18.3. The summed E-state index contributed by atoms with van der Waals surface area (Å²) in [6.45, 7) is 2.83. The van der Waals surface area contributed by atoms with E-state index in [1.165, 1.54) is 25.7 Å². The third-order valence-electron chi connectivity index (χ3n) is 5.14. The van der Waals surface area contributed by atoms with Gasteiger partial charge in [-0.25, -0.2) is 4.79 Å². The third kappa shape index (κ3) is 6.60. The van der Waals surface area contributed by atoms with E-state index in [9.17, 15) is 4.79 Å². The molecule has 0 saturated heterocycles. The second-order valence-electron chi connectivity index (χ2n) is 7.49. The minimum Gasteiger partial charge on any atom is -0.496 e. The van der Waals surface area contributed by atoms with E-state index in [-0.39, 0.29) is 0 Å². The van der Waals surface area contributed by atoms with Crippen LogP contribution in [0.5, 0.6) is 11.5 Å². The van der Waals surface area contributed by atoms with Crippen molar-refractivity contribution in [3.05, 3.63) is 55.0 Å². The molecule has 0 fully saturated rings. The van der Waals surface area contributed by atoms with Crippen molar-refractivity contribution in [2.75, 3.05) is 13.7 Å². The van der Waals surface area contributed by atoms with Gasteiger partial charge in [0.1, 0.15) is 11.5 Å². The summed E-state index contributed by atoms with van der Waals surface area (Å²) < 4.78 is 11.0. The van der Waals surface area contributed by atoms with Crippen LogP contribution in [0, 0.1) is 0 Å². The largest absolute Gasteiger partial charge is 0.496 e. The van der Waals surface area contributed by atoms with Crippen molar-refractivity contribution >= 4 is 6.09 Å². The molecule has 0 aliphatic carbocycles. The lowest BCUT2D eigenvalue weighted by molar-refractivity contribution is 0.200. The quantitative estimate of drug-likeness (QED) is 0.361. The van der Waals surface area contributed by atoms with Crippen LogP contribution in [0.25, 0.3) is 22.4 Å². The summed E-state index contributed by atoms with van der Waals surface area (Å²) in [5.41, 5.74) is 3.63. The number of H-pyrrole nitrogens is 1. The van der Waals surface area contributed by atoms with E-state index in [1.54, 1.807) is 37.7 Å². The normalized spacial score (nSPS) is 10.6. The molecule has 1 aromatic carbocycles. The lowest BCUT2D eigenvalue weighted by Crippen LogP contribution is -2.27. The maximum Gasteiger partial charge on any atom is 0.412 e. The van der Waals surface area contributed by atoms with Gasteiger partial charge in [-0.2, -0.15) is 0 Å². The molecule has 31 heavy (non-hydrogen) atoms. The first kappa shape index (κ1) is 22.4. The molecule has 6 heteroatoms. The van der Waals surface area contributed by atoms with Crippen LogP contribution in [0.2, 0.25) is 0 Å². The fraction of sp³-hybridized carbons (Fsp3) is 0.360. The molecular weight excluding hydrogens is 390 g/mol. The first-order valence-corrected chi connectivity index (χ1v) is 10.9. The Morgan fingerprint density at radius 2 is 1.84 bits per heavy atom. The van der Waals surface area contributed by atoms with Crippen molar-refractivity contribution in [1.82, 2.24) is 15.3 Å². The van der Waals surface area contributed by atoms with Gasteiger partial charge in [-0.15, -0.1) is 0 Å². The Bertz CT molecular complexity index is 954. The number of amides is 1. The topological polar surface area (TPSA) is 76.2 Å². The van der Waals surface area contributed by atoms with Gasteiger partial charge >= 0.3 is 6.09 Å². The van der Waals surface area contributed by atoms with Gasteiger partial charge in [0.25, 0.3) is 0 Å². The average Bonchev–Trinajstić information content (AvgIpc) is 3.34. The number of hydrogen-bond donors (Lipinski definition) is 2. The monoisotopic (exact) mass is 421 g/mol. The van der Waals surface area contributed by atoms with Gasteiger partial charge in [-0.05, 0) is 42.8 Å². The van der Waals surface area contributed by atoms with Crippen molar-refractivity contribution in [2.24, 2.45) is 0 Å². The number of ether oxygens (including phenoxy) is 2. The molecule has 2 heterocycles. The van der Waals surface area contributed by atoms with Crippen LogP contribution in [-0.4, -0.2) is 29.7 Å². The highest BCUT2D eigenvalue weighted by Gasteiger charge is 2.12. The van der Waals surface area contributed by atoms with Crippen molar-refractivity contribution in [3.8, 4) is 33.9 Å². The van der Waals surface area contributed by atoms with E-state index in [1.807, 2.05) is 24.4 Å². The van der Waals surface area contributed by atoms with Gasteiger partial charge in [-0.3, -0.25) is 4.98 Å². The maximum atomic E-state index is 12.2. The second-order valence-corrected chi connectivity index (χ2v) is 7.49. The van der Waals surface area contributed by atoms with Crippen molar-refractivity contribution in [3.63, 3.8) is 0 Å². The standard InChI is InChI=1S/C25H31N3O3/c1-3-4-5-6-7-8-13-28-25(29)31-21-11-12-24(30-2)22(16-21)19-15-20(18-26-17-19)23-10-9-14-27-23/h9-12,14-18,27H,3-8,13H2,1-2H3,(H,28,29). The fourth-order valence-corrected chi connectivity index (χ4v) is 3.46. The number of nitrogens with one attached hydrogen (secondary N) is 2. The minimum absolute atomic E-state index is 0.442. The van der Waals surface area contributed by atoms with E-state index >= 15 is 0 Å². The number of benzene rings is 1. The maximum absolute atomic E-state index is 12.2. The fourth-order valence-electron chi connectivity index (χ4n) is 3.46. The summed E-state index contributed by atoms with van der Waals surface area (Å²) in [4.78, 5) is 19.7. The second kappa shape index (κ2) is 11.8. The minimum atomic E-state index is -0.442. The summed E-state index contributed by atoms with van der Waals surface area (Å²) in [5.74, 6) is 1.15. The average molecular weight is 422 g/mol. The SMILES string of the molecule is CCCCCCCCNC(=O)Oc1ccc(OC)c(-c2cncc(-c3ccc[nH]3)c2)c1. The molecule has 0 bridgehead atoms. The first-order valence-electron chi connectivity index (χ1n) is 10.9. The zero-order chi connectivity index (χ0) is 21.9. The van der Waals surface area contributed by atoms with E-state index in [0.29, 0.717) is 18.0 Å². The lowest BCUT2D eigenvalue weighted by Gasteiger charge is -2.12. The highest BCUT2D eigenvalue weighted by Crippen LogP contribution is 2.34. The van der Waals surface area contributed by atoms with Crippen LogP contribution in [0.3, 0.4) is 0 Å². The van der Waals surface area contributed by atoms with Gasteiger partial charge in [-0.1, -0.05) is 39.0 Å². The molecule has 1 amide bonds. The molecule has 3 rings (SSSR count). The molecule has 0 saturated carbocycles. The Morgan fingerprint density at radius 3 is 2.61 bits per heavy atom.